The van der Waals surface area contributed by atoms with Crippen LogP contribution in [-0.2, 0) is 0 Å². The molecule has 1 unspecified atom stereocenters. The highest BCUT2D eigenvalue weighted by molar-refractivity contribution is 6.12. The van der Waals surface area contributed by atoms with Crippen LogP contribution >= 0.6 is 0 Å². The molecule has 1 N–H and O–H groups in total. The van der Waals surface area contributed by atoms with Crippen LogP contribution < -0.4 is 4.90 Å². The molecule has 4 rings (SSSR count). The number of aliphatic hydroxyl groups excluding tert-OH is 1. The summed E-state index contributed by atoms with van der Waals surface area (Å²) in [4.78, 5) is 28.1. The Balaban J connectivity index is 1.66. The van der Waals surface area contributed by atoms with Crippen LogP contribution in [0.1, 0.15) is 37.9 Å². The Morgan fingerprint density at radius 2 is 1.29 bits per heavy atom. The number of rotatable bonds is 6. The van der Waals surface area contributed by atoms with E-state index in [0.717, 1.165) is 0 Å². The van der Waals surface area contributed by atoms with Crippen molar-refractivity contribution in [3.63, 3.8) is 0 Å². The number of benzene rings is 4. The third-order valence-electron chi connectivity index (χ3n) is 5.33. The summed E-state index contributed by atoms with van der Waals surface area (Å²) < 4.78 is 0. The molecule has 0 bridgehead atoms. The van der Waals surface area contributed by atoms with Crippen LogP contribution in [0, 0.1) is 11.8 Å². The lowest BCUT2D eigenvalue weighted by Crippen LogP contribution is -2.36. The van der Waals surface area contributed by atoms with Gasteiger partial charge in [-0.05, 0) is 29.8 Å². The van der Waals surface area contributed by atoms with E-state index in [1.807, 2.05) is 42.5 Å². The SMILES string of the molecule is O=C(CN(C(=O)c1ccccc1C#CC(O)c1ccccc1)c1ccccc1)c1ccccc1. The minimum absolute atomic E-state index is 0.110. The van der Waals surface area contributed by atoms with Gasteiger partial charge < -0.3 is 10.0 Å². The molecular formula is C30H23NO3. The highest BCUT2D eigenvalue weighted by atomic mass is 16.3. The molecule has 0 aliphatic carbocycles. The molecule has 0 fully saturated rings. The number of ketones is 1. The van der Waals surface area contributed by atoms with Crippen LogP contribution in [0.15, 0.2) is 115 Å². The summed E-state index contributed by atoms with van der Waals surface area (Å²) in [7, 11) is 0. The standard InChI is InChI=1S/C30H23NO3/c32-28(24-13-4-1-5-14-24)21-20-23-12-10-11-19-27(23)30(34)31(26-17-8-3-9-18-26)22-29(33)25-15-6-2-7-16-25/h1-19,28,32H,22H2. The summed E-state index contributed by atoms with van der Waals surface area (Å²) >= 11 is 0. The van der Waals surface area contributed by atoms with Crippen molar-refractivity contribution in [1.29, 1.82) is 0 Å². The fraction of sp³-hybridized carbons (Fsp3) is 0.0667. The van der Waals surface area contributed by atoms with E-state index in [2.05, 4.69) is 11.8 Å². The molecular weight excluding hydrogens is 422 g/mol. The van der Waals surface area contributed by atoms with Crippen molar-refractivity contribution in [3.05, 3.63) is 138 Å². The fourth-order valence-electron chi connectivity index (χ4n) is 3.54. The number of amides is 1. The minimum Gasteiger partial charge on any atom is -0.376 e. The van der Waals surface area contributed by atoms with Gasteiger partial charge in [0.15, 0.2) is 5.78 Å². The van der Waals surface area contributed by atoms with Crippen molar-refractivity contribution in [3.8, 4) is 11.8 Å². The van der Waals surface area contributed by atoms with Gasteiger partial charge in [0.1, 0.15) is 6.10 Å². The van der Waals surface area contributed by atoms with E-state index in [0.29, 0.717) is 27.9 Å². The second kappa shape index (κ2) is 10.9. The van der Waals surface area contributed by atoms with Crippen molar-refractivity contribution < 1.29 is 14.7 Å². The first-order chi connectivity index (χ1) is 16.6. The zero-order valence-electron chi connectivity index (χ0n) is 18.5. The van der Waals surface area contributed by atoms with Crippen molar-refractivity contribution in [2.45, 2.75) is 6.10 Å². The van der Waals surface area contributed by atoms with E-state index in [9.17, 15) is 14.7 Å². The highest BCUT2D eigenvalue weighted by Gasteiger charge is 2.23. The minimum atomic E-state index is -0.978. The van der Waals surface area contributed by atoms with Crippen LogP contribution in [0.3, 0.4) is 0 Å². The summed E-state index contributed by atoms with van der Waals surface area (Å²) in [6, 6.07) is 34.1. The second-order valence-corrected chi connectivity index (χ2v) is 7.64. The van der Waals surface area contributed by atoms with Gasteiger partial charge in [0.2, 0.25) is 0 Å². The van der Waals surface area contributed by atoms with Crippen molar-refractivity contribution >= 4 is 17.4 Å². The first-order valence-electron chi connectivity index (χ1n) is 10.9. The summed E-state index contributed by atoms with van der Waals surface area (Å²) in [6.07, 6.45) is -0.978. The van der Waals surface area contributed by atoms with Gasteiger partial charge in [-0.15, -0.1) is 0 Å². The summed E-state index contributed by atoms with van der Waals surface area (Å²) in [6.45, 7) is -0.110. The van der Waals surface area contributed by atoms with E-state index < -0.39 is 6.10 Å². The monoisotopic (exact) mass is 445 g/mol. The average Bonchev–Trinajstić information content (AvgIpc) is 2.91. The first kappa shape index (κ1) is 22.7. The van der Waals surface area contributed by atoms with Gasteiger partial charge in [-0.1, -0.05) is 103 Å². The van der Waals surface area contributed by atoms with Crippen LogP contribution in [0.5, 0.6) is 0 Å². The number of Topliss-reactive ketones (excluding diaryl/α,β-unsaturated/α-hetero) is 1. The molecule has 4 heteroatoms. The molecule has 4 nitrogen and oxygen atoms in total. The quantitative estimate of drug-likeness (QED) is 0.324. The van der Waals surface area contributed by atoms with Gasteiger partial charge in [-0.3, -0.25) is 9.59 Å². The zero-order chi connectivity index (χ0) is 23.8. The maximum absolute atomic E-state index is 13.7. The number of carbonyl (C=O) groups excluding carboxylic acids is 2. The molecule has 0 radical (unpaired) electrons. The molecule has 0 saturated heterocycles. The molecule has 1 amide bonds. The van der Waals surface area contributed by atoms with Gasteiger partial charge in [0.25, 0.3) is 5.91 Å². The van der Waals surface area contributed by atoms with E-state index in [1.165, 1.54) is 4.90 Å². The fourth-order valence-corrected chi connectivity index (χ4v) is 3.54. The first-order valence-corrected chi connectivity index (χ1v) is 10.9. The molecule has 4 aromatic carbocycles. The van der Waals surface area contributed by atoms with Gasteiger partial charge in [0, 0.05) is 16.8 Å². The maximum atomic E-state index is 13.7. The Morgan fingerprint density at radius 1 is 0.735 bits per heavy atom. The van der Waals surface area contributed by atoms with E-state index in [4.69, 9.17) is 0 Å². The van der Waals surface area contributed by atoms with E-state index >= 15 is 0 Å². The third-order valence-corrected chi connectivity index (χ3v) is 5.33. The number of anilines is 1. The highest BCUT2D eigenvalue weighted by Crippen LogP contribution is 2.20. The Hall–Kier alpha value is -4.46. The van der Waals surface area contributed by atoms with Gasteiger partial charge in [0.05, 0.1) is 12.1 Å². The van der Waals surface area contributed by atoms with Crippen LogP contribution in [0.4, 0.5) is 5.69 Å². The molecule has 0 spiro atoms. The summed E-state index contributed by atoms with van der Waals surface area (Å²) in [5, 5.41) is 10.4. The molecule has 4 aromatic rings. The summed E-state index contributed by atoms with van der Waals surface area (Å²) in [5.74, 6) is 5.27. The molecule has 0 aromatic heterocycles. The molecule has 166 valence electrons. The molecule has 0 aliphatic rings. The van der Waals surface area contributed by atoms with Gasteiger partial charge >= 0.3 is 0 Å². The lowest BCUT2D eigenvalue weighted by Gasteiger charge is -2.23. The van der Waals surface area contributed by atoms with Crippen LogP contribution in [0.2, 0.25) is 0 Å². The molecule has 0 aliphatic heterocycles. The van der Waals surface area contributed by atoms with Crippen molar-refractivity contribution in [2.24, 2.45) is 0 Å². The topological polar surface area (TPSA) is 57.6 Å². The van der Waals surface area contributed by atoms with E-state index in [1.54, 1.807) is 72.8 Å². The van der Waals surface area contributed by atoms with Crippen LogP contribution in [0.25, 0.3) is 0 Å². The average molecular weight is 446 g/mol. The lowest BCUT2D eigenvalue weighted by atomic mass is 10.0. The Morgan fingerprint density at radius 3 is 1.97 bits per heavy atom. The molecule has 1 atom stereocenters. The number of hydrogen-bond acceptors (Lipinski definition) is 3. The predicted molar refractivity (Wildman–Crippen MR) is 134 cm³/mol. The van der Waals surface area contributed by atoms with Crippen molar-refractivity contribution in [2.75, 3.05) is 11.4 Å². The number of para-hydroxylation sites is 1. The number of carbonyl (C=O) groups is 2. The smallest absolute Gasteiger partial charge is 0.259 e. The Bertz CT molecular complexity index is 1320. The number of aliphatic hydroxyl groups is 1. The second-order valence-electron chi connectivity index (χ2n) is 7.64. The Labute approximate surface area is 199 Å². The molecule has 0 saturated carbocycles. The zero-order valence-corrected chi connectivity index (χ0v) is 18.5. The largest absolute Gasteiger partial charge is 0.376 e. The molecule has 34 heavy (non-hydrogen) atoms. The third kappa shape index (κ3) is 5.47. The van der Waals surface area contributed by atoms with Gasteiger partial charge in [-0.25, -0.2) is 0 Å². The van der Waals surface area contributed by atoms with Gasteiger partial charge in [-0.2, -0.15) is 0 Å². The molecule has 0 heterocycles. The van der Waals surface area contributed by atoms with E-state index in [-0.39, 0.29) is 18.2 Å². The van der Waals surface area contributed by atoms with Crippen LogP contribution in [-0.4, -0.2) is 23.3 Å². The number of hydrogen-bond donors (Lipinski definition) is 1. The van der Waals surface area contributed by atoms with Crippen molar-refractivity contribution in [1.82, 2.24) is 0 Å². The summed E-state index contributed by atoms with van der Waals surface area (Å²) in [5.41, 5.74) is 2.67. The predicted octanol–water partition coefficient (Wildman–Crippen LogP) is 5.30. The normalized spacial score (nSPS) is 11.1. The maximum Gasteiger partial charge on any atom is 0.259 e. The Kier molecular flexibility index (Phi) is 7.29. The lowest BCUT2D eigenvalue weighted by molar-refractivity contribution is 0.0936. The number of nitrogens with zero attached hydrogens (tertiary/aromatic N) is 1.